The number of hydrogen-bond donors (Lipinski definition) is 1. The molecule has 0 bridgehead atoms. The SMILES string of the molecule is C=S(=O)(Nc1cc(-c2cc(O[C@@H]3CCOC3)c3ncnc(C)c3c2)cnc1OC)c1ccc(F)cc1F. The van der Waals surface area contributed by atoms with E-state index in [4.69, 9.17) is 14.2 Å². The summed E-state index contributed by atoms with van der Waals surface area (Å²) in [5.74, 6) is 2.60. The fourth-order valence-electron chi connectivity index (χ4n) is 4.12. The van der Waals surface area contributed by atoms with E-state index in [0.29, 0.717) is 36.1 Å². The highest BCUT2D eigenvalue weighted by atomic mass is 32.2. The molecule has 1 aliphatic rings. The van der Waals surface area contributed by atoms with Crippen LogP contribution in [0.15, 0.2) is 53.8 Å². The quantitative estimate of drug-likeness (QED) is 0.353. The standard InChI is InChI=1S/C26H24F2N4O4S/c1-15-20-8-16(10-23(25(20)31-14-30-15)36-19-6-7-35-13-19)17-9-22(26(34-2)29-12-17)32-37(3,33)24-5-4-18(27)11-21(24)28/h4-5,8-12,14,19H,3,6-7,13H2,1-2H3,(H,32,33)/t19-,37?/m1/s1. The zero-order chi connectivity index (χ0) is 26.2. The lowest BCUT2D eigenvalue weighted by atomic mass is 10.0. The van der Waals surface area contributed by atoms with E-state index < -0.39 is 21.3 Å². The first-order valence-corrected chi connectivity index (χ1v) is 13.1. The van der Waals surface area contributed by atoms with E-state index in [1.807, 2.05) is 19.1 Å². The molecule has 3 heterocycles. The molecule has 0 saturated carbocycles. The van der Waals surface area contributed by atoms with E-state index in [9.17, 15) is 13.0 Å². The summed E-state index contributed by atoms with van der Waals surface area (Å²) in [5, 5.41) is 0.800. The fourth-order valence-corrected chi connectivity index (χ4v) is 5.40. The van der Waals surface area contributed by atoms with Crippen molar-refractivity contribution >= 4 is 32.2 Å². The van der Waals surface area contributed by atoms with E-state index in [1.54, 1.807) is 12.3 Å². The van der Waals surface area contributed by atoms with Crippen LogP contribution in [0.2, 0.25) is 0 Å². The molecule has 2 aromatic carbocycles. The Labute approximate surface area is 212 Å². The van der Waals surface area contributed by atoms with Gasteiger partial charge in [0.05, 0.1) is 34.9 Å². The van der Waals surface area contributed by atoms with E-state index in [-0.39, 0.29) is 22.6 Å². The lowest BCUT2D eigenvalue weighted by Crippen LogP contribution is -2.16. The van der Waals surface area contributed by atoms with Crippen LogP contribution >= 0.6 is 0 Å². The first-order valence-electron chi connectivity index (χ1n) is 11.4. The van der Waals surface area contributed by atoms with Gasteiger partial charge in [0.25, 0.3) is 0 Å². The molecule has 0 spiro atoms. The third kappa shape index (κ3) is 5.05. The molecule has 0 aliphatic carbocycles. The number of ether oxygens (including phenoxy) is 3. The third-order valence-electron chi connectivity index (χ3n) is 5.99. The van der Waals surface area contributed by atoms with Crippen molar-refractivity contribution in [1.82, 2.24) is 15.0 Å². The van der Waals surface area contributed by atoms with Crippen molar-refractivity contribution in [2.75, 3.05) is 25.0 Å². The second-order valence-electron chi connectivity index (χ2n) is 8.57. The van der Waals surface area contributed by atoms with Crippen LogP contribution in [0.3, 0.4) is 0 Å². The van der Waals surface area contributed by atoms with Gasteiger partial charge in [-0.3, -0.25) is 0 Å². The van der Waals surface area contributed by atoms with E-state index in [2.05, 4.69) is 25.5 Å². The Morgan fingerprint density at radius 3 is 2.70 bits per heavy atom. The Hall–Kier alpha value is -3.83. The maximum atomic E-state index is 14.4. The van der Waals surface area contributed by atoms with Crippen LogP contribution in [-0.4, -0.2) is 51.5 Å². The highest BCUT2D eigenvalue weighted by Crippen LogP contribution is 2.36. The molecule has 1 fully saturated rings. The van der Waals surface area contributed by atoms with Gasteiger partial charge in [-0.2, -0.15) is 0 Å². The highest BCUT2D eigenvalue weighted by Gasteiger charge is 2.21. The first-order chi connectivity index (χ1) is 17.7. The Morgan fingerprint density at radius 2 is 1.97 bits per heavy atom. The van der Waals surface area contributed by atoms with Crippen LogP contribution in [0.4, 0.5) is 14.5 Å². The van der Waals surface area contributed by atoms with Crippen LogP contribution in [0.1, 0.15) is 12.1 Å². The number of nitrogens with zero attached hydrogens (tertiary/aromatic N) is 3. The molecule has 1 N–H and O–H groups in total. The van der Waals surface area contributed by atoms with Crippen LogP contribution in [0.25, 0.3) is 22.0 Å². The predicted octanol–water partition coefficient (Wildman–Crippen LogP) is 4.56. The topological polar surface area (TPSA) is 95.5 Å². The van der Waals surface area contributed by atoms with Crippen molar-refractivity contribution in [3.05, 3.63) is 66.3 Å². The van der Waals surface area contributed by atoms with E-state index in [0.717, 1.165) is 35.2 Å². The van der Waals surface area contributed by atoms with Crippen molar-refractivity contribution in [2.24, 2.45) is 0 Å². The predicted molar refractivity (Wildman–Crippen MR) is 137 cm³/mol. The first kappa shape index (κ1) is 24.8. The maximum absolute atomic E-state index is 14.4. The molecular weight excluding hydrogens is 502 g/mol. The van der Waals surface area contributed by atoms with E-state index in [1.165, 1.54) is 13.4 Å². The highest BCUT2D eigenvalue weighted by molar-refractivity contribution is 8.01. The normalized spacial score (nSPS) is 16.9. The molecule has 1 saturated heterocycles. The number of nitrogens with one attached hydrogen (secondary N) is 1. The second kappa shape index (κ2) is 9.91. The molecule has 8 nitrogen and oxygen atoms in total. The number of fused-ring (bicyclic) bond motifs is 1. The fraction of sp³-hybridized carbons (Fsp3) is 0.231. The van der Waals surface area contributed by atoms with Gasteiger partial charge in [-0.25, -0.2) is 27.9 Å². The van der Waals surface area contributed by atoms with Crippen molar-refractivity contribution in [3.63, 3.8) is 0 Å². The summed E-state index contributed by atoms with van der Waals surface area (Å²) < 4.78 is 60.9. The molecule has 192 valence electrons. The summed E-state index contributed by atoms with van der Waals surface area (Å²) in [6.07, 6.45) is 3.76. The van der Waals surface area contributed by atoms with Crippen molar-refractivity contribution in [2.45, 2.75) is 24.3 Å². The molecule has 2 atom stereocenters. The number of pyridine rings is 1. The second-order valence-corrected chi connectivity index (χ2v) is 10.6. The molecule has 1 unspecified atom stereocenters. The number of anilines is 1. The van der Waals surface area contributed by atoms with Crippen LogP contribution in [0, 0.1) is 18.6 Å². The molecule has 1 aliphatic heterocycles. The minimum Gasteiger partial charge on any atom is -0.486 e. The summed E-state index contributed by atoms with van der Waals surface area (Å²) >= 11 is 0. The average molecular weight is 527 g/mol. The largest absolute Gasteiger partial charge is 0.486 e. The van der Waals surface area contributed by atoms with E-state index >= 15 is 0 Å². The van der Waals surface area contributed by atoms with Crippen LogP contribution in [-0.2, 0) is 14.4 Å². The number of benzene rings is 2. The van der Waals surface area contributed by atoms with Gasteiger partial charge in [0.2, 0.25) is 5.88 Å². The summed E-state index contributed by atoms with van der Waals surface area (Å²) in [5.41, 5.74) is 3.04. The van der Waals surface area contributed by atoms with Gasteiger partial charge >= 0.3 is 0 Å². The Bertz CT molecular complexity index is 1590. The van der Waals surface area contributed by atoms with Crippen molar-refractivity contribution in [3.8, 4) is 22.8 Å². The summed E-state index contributed by atoms with van der Waals surface area (Å²) in [6.45, 7) is 3.00. The van der Waals surface area contributed by atoms with Crippen LogP contribution in [0.5, 0.6) is 11.6 Å². The molecular formula is C26H24F2N4O4S. The third-order valence-corrected chi connectivity index (χ3v) is 7.58. The molecule has 37 heavy (non-hydrogen) atoms. The van der Waals surface area contributed by atoms with Gasteiger partial charge < -0.3 is 18.9 Å². The summed E-state index contributed by atoms with van der Waals surface area (Å²) in [7, 11) is -2.02. The number of methoxy groups -OCH3 is 1. The smallest absolute Gasteiger partial charge is 0.238 e. The Morgan fingerprint density at radius 1 is 1.14 bits per heavy atom. The molecule has 0 radical (unpaired) electrons. The van der Waals surface area contributed by atoms with Gasteiger partial charge in [-0.15, -0.1) is 0 Å². The van der Waals surface area contributed by atoms with Gasteiger partial charge in [0.15, 0.2) is 0 Å². The number of aromatic nitrogens is 3. The van der Waals surface area contributed by atoms with Gasteiger partial charge in [-0.1, -0.05) is 0 Å². The lowest BCUT2D eigenvalue weighted by Gasteiger charge is -2.18. The zero-order valence-corrected chi connectivity index (χ0v) is 21.0. The Kier molecular flexibility index (Phi) is 6.65. The number of halogens is 2. The zero-order valence-electron chi connectivity index (χ0n) is 20.2. The summed E-state index contributed by atoms with van der Waals surface area (Å²) in [4.78, 5) is 12.8. The molecule has 4 aromatic rings. The lowest BCUT2D eigenvalue weighted by molar-refractivity contribution is 0.142. The van der Waals surface area contributed by atoms with Crippen LogP contribution < -0.4 is 14.2 Å². The molecule has 2 aromatic heterocycles. The minimum atomic E-state index is -3.43. The number of aryl methyl sites for hydroxylation is 1. The van der Waals surface area contributed by atoms with Crippen molar-refractivity contribution in [1.29, 1.82) is 0 Å². The molecule has 11 heteroatoms. The Balaban J connectivity index is 1.58. The average Bonchev–Trinajstić information content (AvgIpc) is 3.37. The van der Waals surface area contributed by atoms with Gasteiger partial charge in [0, 0.05) is 35.3 Å². The molecule has 0 amide bonds. The monoisotopic (exact) mass is 526 g/mol. The molecule has 5 rings (SSSR count). The minimum absolute atomic E-state index is 0.0959. The van der Waals surface area contributed by atoms with Gasteiger partial charge in [-0.05, 0) is 48.7 Å². The maximum Gasteiger partial charge on any atom is 0.238 e. The summed E-state index contributed by atoms with van der Waals surface area (Å²) in [6, 6.07) is 8.20. The van der Waals surface area contributed by atoms with Crippen molar-refractivity contribution < 1.29 is 27.2 Å². The van der Waals surface area contributed by atoms with Gasteiger partial charge in [0.1, 0.15) is 41.0 Å². The number of hydrogen-bond acceptors (Lipinski definition) is 7. The number of rotatable bonds is 7.